The van der Waals surface area contributed by atoms with Gasteiger partial charge in [-0.2, -0.15) is 51.0 Å². The third-order valence-corrected chi connectivity index (χ3v) is 2.22. The molecule has 28 nitrogen and oxygen atoms in total. The van der Waals surface area contributed by atoms with E-state index in [0.29, 0.717) is 0 Å². The number of nitrogens with zero attached hydrogens (tertiary/aromatic N) is 14. The van der Waals surface area contributed by atoms with Crippen LogP contribution in [0.4, 0.5) is 35.7 Å². The van der Waals surface area contributed by atoms with E-state index in [1.807, 2.05) is 0 Å². The third kappa shape index (κ3) is 26.9. The van der Waals surface area contributed by atoms with E-state index in [4.69, 9.17) is 31.9 Å². The molecule has 0 aliphatic heterocycles. The molecule has 0 atom stereocenters. The van der Waals surface area contributed by atoms with Crippen LogP contribution in [0.15, 0.2) is 9.98 Å². The summed E-state index contributed by atoms with van der Waals surface area (Å²) in [6.07, 6.45) is 6.34. The summed E-state index contributed by atoms with van der Waals surface area (Å²) in [4.78, 5) is 28.1. The van der Waals surface area contributed by atoms with E-state index in [0.717, 1.165) is 0 Å². The molecule has 0 amide bonds. The first-order chi connectivity index (χ1) is 14.6. The topological polar surface area (TPSA) is 611 Å². The molecule has 2 rings (SSSR count). The average molecular weight is 643 g/mol. The maximum absolute atomic E-state index is 8.32. The first-order valence-corrected chi connectivity index (χ1v) is 6.92. The van der Waals surface area contributed by atoms with Crippen molar-refractivity contribution in [3.8, 4) is 24.8 Å². The smallest absolute Gasteiger partial charge is 0.457 e. The molecule has 29 heteroatoms. The standard InChI is InChI=1S/2C6H2N9.Co.10H2O/c2*7-1-10-4-13-5(11-2-8)15-6(14-4)12-3-9;;;;;;;;;;;/h2*(H2,10,11,13,14,15);;10*1H2/q2*-1;+2;;;;;;;;;;/p+4. The second kappa shape index (κ2) is 41.2. The van der Waals surface area contributed by atoms with Crippen LogP contribution in [0.25, 0.3) is 10.8 Å². The van der Waals surface area contributed by atoms with E-state index in [1.165, 1.54) is 12.0 Å². The zero-order chi connectivity index (χ0) is 22.2. The van der Waals surface area contributed by atoms with Gasteiger partial charge in [0.15, 0.2) is 36.7 Å². The Morgan fingerprint density at radius 1 is 0.463 bits per heavy atom. The minimum atomic E-state index is -0.192. The number of rotatable bonds is 6. The molecule has 41 heavy (non-hydrogen) atoms. The van der Waals surface area contributed by atoms with Crippen LogP contribution in [0.3, 0.4) is 0 Å². The zero-order valence-electron chi connectivity index (χ0n) is 19.9. The van der Waals surface area contributed by atoms with Crippen molar-refractivity contribution in [2.75, 3.05) is 21.3 Å². The summed E-state index contributed by atoms with van der Waals surface area (Å²) in [5.41, 5.74) is 0. The summed E-state index contributed by atoms with van der Waals surface area (Å²) in [5, 5.41) is 58.3. The van der Waals surface area contributed by atoms with Crippen LogP contribution >= 0.6 is 0 Å². The maximum Gasteiger partial charge on any atom is 2.00 e. The van der Waals surface area contributed by atoms with Gasteiger partial charge in [-0.05, 0) is 0 Å². The molecule has 0 spiro atoms. The minimum absolute atomic E-state index is 0. The average Bonchev–Trinajstić information content (AvgIpc) is 2.70. The summed E-state index contributed by atoms with van der Waals surface area (Å²) in [7, 11) is 0. The number of hydrogen-bond donors (Lipinski definition) is 4. The normalized spacial score (nSPS) is 5.76. The van der Waals surface area contributed by atoms with Crippen LogP contribution in [0.2, 0.25) is 0 Å². The summed E-state index contributed by atoms with van der Waals surface area (Å²) < 4.78 is 0. The Morgan fingerprint density at radius 3 is 0.805 bits per heavy atom. The van der Waals surface area contributed by atoms with Crippen LogP contribution in [-0.4, -0.2) is 74.8 Å². The summed E-state index contributed by atoms with van der Waals surface area (Å²) in [5.74, 6) is -0.775. The molecular weight excluding hydrogens is 615 g/mol. The molecule has 2 heterocycles. The van der Waals surface area contributed by atoms with Crippen LogP contribution in [0.1, 0.15) is 0 Å². The Kier molecular flexibility index (Phi) is 70.6. The number of hydrogen-bond acceptors (Lipinski definition) is 16. The van der Waals surface area contributed by atoms with Gasteiger partial charge < -0.3 is 75.6 Å². The van der Waals surface area contributed by atoms with E-state index < -0.39 is 0 Å². The summed E-state index contributed by atoms with van der Waals surface area (Å²) >= 11 is 0. The summed E-state index contributed by atoms with van der Waals surface area (Å²) in [6, 6.07) is 2.95. The van der Waals surface area contributed by atoms with Crippen LogP contribution < -0.4 is 21.3 Å². The Morgan fingerprint density at radius 2 is 0.659 bits per heavy atom. The van der Waals surface area contributed by atoms with E-state index in [-0.39, 0.29) is 107 Å². The van der Waals surface area contributed by atoms with E-state index in [9.17, 15) is 0 Å². The van der Waals surface area contributed by atoms with Crippen molar-refractivity contribution in [1.82, 2.24) is 29.9 Å². The Balaban J connectivity index is -0.0000000385. The molecule has 28 N–H and O–H groups in total. The molecule has 0 saturated carbocycles. The monoisotopic (exact) mass is 643 g/mol. The van der Waals surface area contributed by atoms with E-state index >= 15 is 0 Å². The maximum atomic E-state index is 8.32. The van der Waals surface area contributed by atoms with Crippen molar-refractivity contribution in [3.63, 3.8) is 0 Å². The number of aliphatic imine (C=N–C) groups is 2. The SMILES string of the molecule is N#CNc1nc(N=C=[N-])nc(NC#N)n1.N#CNc1nc(N=C=[N-])nc(NC#N)n1.O.O.O.O.O.O.[Co+2].[OH3+].[OH3+].[OH3+].[OH3+]. The predicted octanol–water partition coefficient (Wildman–Crippen LogP) is -8.57. The van der Waals surface area contributed by atoms with Crippen molar-refractivity contribution in [2.24, 2.45) is 9.98 Å². The first kappa shape index (κ1) is 70.3. The van der Waals surface area contributed by atoms with Crippen molar-refractivity contribution in [1.29, 1.82) is 21.0 Å². The number of aromatic nitrogens is 6. The molecule has 2 aromatic heterocycles. The fourth-order valence-corrected chi connectivity index (χ4v) is 1.34. The van der Waals surface area contributed by atoms with Crippen molar-refractivity contribution >= 4 is 47.7 Å². The van der Waals surface area contributed by atoms with Gasteiger partial charge in [0.1, 0.15) is 0 Å². The Hall–Kier alpha value is -5.95. The van der Waals surface area contributed by atoms with Crippen LogP contribution in [0.5, 0.6) is 0 Å². The van der Waals surface area contributed by atoms with Crippen LogP contribution in [0, 0.1) is 45.8 Å². The van der Waals surface area contributed by atoms with Gasteiger partial charge >= 0.3 is 16.8 Å². The first-order valence-electron chi connectivity index (χ1n) is 6.92. The fraction of sp³-hybridized carbons (Fsp3) is 0. The van der Waals surface area contributed by atoms with Gasteiger partial charge in [-0.25, -0.2) is 0 Å². The molecule has 0 saturated heterocycles. The van der Waals surface area contributed by atoms with Gasteiger partial charge in [0, 0.05) is 0 Å². The molecule has 231 valence electrons. The van der Waals surface area contributed by atoms with Crippen LogP contribution in [-0.2, 0) is 38.7 Å². The predicted molar refractivity (Wildman–Crippen MR) is 139 cm³/mol. The Labute approximate surface area is 237 Å². The van der Waals surface area contributed by atoms with Gasteiger partial charge in [0.2, 0.25) is 23.8 Å². The van der Waals surface area contributed by atoms with Gasteiger partial charge in [0.05, 0.1) is 0 Å². The number of nitrogens with one attached hydrogen (secondary N) is 4. The number of anilines is 4. The number of nitriles is 4. The van der Waals surface area contributed by atoms with Gasteiger partial charge in [0.25, 0.3) is 0 Å². The third-order valence-electron chi connectivity index (χ3n) is 2.22. The fourth-order valence-electron chi connectivity index (χ4n) is 1.34. The quantitative estimate of drug-likeness (QED) is 0.0983. The van der Waals surface area contributed by atoms with Gasteiger partial charge in [-0.3, -0.25) is 21.3 Å². The van der Waals surface area contributed by atoms with Gasteiger partial charge in [-0.15, -0.1) is 12.0 Å². The second-order valence-electron chi connectivity index (χ2n) is 3.94. The molecule has 0 aliphatic rings. The molecular formula is C12H28CoN18O10+4. The minimum Gasteiger partial charge on any atom is -0.457 e. The van der Waals surface area contributed by atoms with Gasteiger partial charge in [-0.1, -0.05) is 0 Å². The largest absolute Gasteiger partial charge is 2.00 e. The Bertz CT molecular complexity index is 1040. The summed E-state index contributed by atoms with van der Waals surface area (Å²) in [6.45, 7) is 0. The zero-order valence-corrected chi connectivity index (χ0v) is 20.9. The second-order valence-corrected chi connectivity index (χ2v) is 3.94. The van der Waals surface area contributed by atoms with E-state index in [2.05, 4.69) is 61.2 Å². The van der Waals surface area contributed by atoms with Crippen molar-refractivity contribution in [2.45, 2.75) is 0 Å². The molecule has 0 aliphatic carbocycles. The molecule has 1 radical (unpaired) electrons. The van der Waals surface area contributed by atoms with Crippen molar-refractivity contribution < 1.29 is 71.5 Å². The molecule has 2 aromatic rings. The molecule has 0 aromatic carbocycles. The van der Waals surface area contributed by atoms with Crippen molar-refractivity contribution in [3.05, 3.63) is 10.8 Å². The van der Waals surface area contributed by atoms with E-state index in [1.54, 1.807) is 24.8 Å². The molecule has 0 unspecified atom stereocenters. The molecule has 0 bridgehead atoms. The molecule has 0 fully saturated rings.